The molecule has 1 fully saturated rings. The molecular formula is C18H22N4O2. The Morgan fingerprint density at radius 2 is 2.12 bits per heavy atom. The number of likely N-dealkylation sites (tertiary alicyclic amines) is 1. The van der Waals surface area contributed by atoms with Gasteiger partial charge < -0.3 is 15.4 Å². The summed E-state index contributed by atoms with van der Waals surface area (Å²) < 4.78 is 5.03. The number of carbonyl (C=O) groups is 1. The lowest BCUT2D eigenvalue weighted by Crippen LogP contribution is -2.41. The summed E-state index contributed by atoms with van der Waals surface area (Å²) in [4.78, 5) is 23.0. The molecule has 126 valence electrons. The highest BCUT2D eigenvalue weighted by Gasteiger charge is 2.31. The van der Waals surface area contributed by atoms with Crippen LogP contribution in [0.2, 0.25) is 0 Å². The Hall–Kier alpha value is -2.47. The molecule has 1 aromatic carbocycles. The standard InChI is InChI=1S/C18H22N4O2/c1-24-12-16(23)22-10-6-5-9-15(22)17-14(11-20-18(19)21-17)13-7-3-2-4-8-13/h2-4,7-8,11,15H,5-6,9-10,12H2,1H3,(H2,19,20,21). The predicted octanol–water partition coefficient (Wildman–Crippen LogP) is 2.43. The zero-order valence-electron chi connectivity index (χ0n) is 13.8. The molecule has 0 aliphatic carbocycles. The topological polar surface area (TPSA) is 81.3 Å². The van der Waals surface area contributed by atoms with Gasteiger partial charge in [-0.1, -0.05) is 30.3 Å². The minimum Gasteiger partial charge on any atom is -0.375 e. The highest BCUT2D eigenvalue weighted by atomic mass is 16.5. The van der Waals surface area contributed by atoms with E-state index in [0.29, 0.717) is 6.54 Å². The Morgan fingerprint density at radius 3 is 2.88 bits per heavy atom. The number of hydrogen-bond donors (Lipinski definition) is 1. The summed E-state index contributed by atoms with van der Waals surface area (Å²) in [6.45, 7) is 0.794. The molecule has 0 saturated carbocycles. The van der Waals surface area contributed by atoms with E-state index in [1.54, 1.807) is 6.20 Å². The molecule has 2 aromatic rings. The van der Waals surface area contributed by atoms with E-state index >= 15 is 0 Å². The molecule has 2 N–H and O–H groups in total. The summed E-state index contributed by atoms with van der Waals surface area (Å²) in [5.41, 5.74) is 8.61. The highest BCUT2D eigenvalue weighted by molar-refractivity contribution is 5.78. The Labute approximate surface area is 141 Å². The monoisotopic (exact) mass is 326 g/mol. The van der Waals surface area contributed by atoms with E-state index in [-0.39, 0.29) is 24.5 Å². The molecule has 1 atom stereocenters. The second kappa shape index (κ2) is 7.40. The van der Waals surface area contributed by atoms with Crippen molar-refractivity contribution < 1.29 is 9.53 Å². The number of nitrogen functional groups attached to an aromatic ring is 1. The largest absolute Gasteiger partial charge is 0.375 e. The molecule has 1 aromatic heterocycles. The molecule has 2 heterocycles. The number of carbonyl (C=O) groups excluding carboxylic acids is 1. The maximum atomic E-state index is 12.4. The predicted molar refractivity (Wildman–Crippen MR) is 92.1 cm³/mol. The van der Waals surface area contributed by atoms with E-state index in [4.69, 9.17) is 10.5 Å². The van der Waals surface area contributed by atoms with Gasteiger partial charge in [-0.3, -0.25) is 4.79 Å². The molecule has 1 unspecified atom stereocenters. The number of methoxy groups -OCH3 is 1. The Kier molecular flexibility index (Phi) is 5.05. The van der Waals surface area contributed by atoms with Crippen LogP contribution in [0.5, 0.6) is 0 Å². The van der Waals surface area contributed by atoms with Crippen molar-refractivity contribution in [3.63, 3.8) is 0 Å². The Bertz CT molecular complexity index is 705. The average molecular weight is 326 g/mol. The zero-order chi connectivity index (χ0) is 16.9. The van der Waals surface area contributed by atoms with Crippen LogP contribution in [0.1, 0.15) is 31.0 Å². The van der Waals surface area contributed by atoms with E-state index < -0.39 is 0 Å². The van der Waals surface area contributed by atoms with Gasteiger partial charge >= 0.3 is 0 Å². The first-order valence-corrected chi connectivity index (χ1v) is 8.17. The van der Waals surface area contributed by atoms with Gasteiger partial charge in [0.1, 0.15) is 6.61 Å². The summed E-state index contributed by atoms with van der Waals surface area (Å²) in [5.74, 6) is 0.216. The van der Waals surface area contributed by atoms with Crippen LogP contribution in [0.3, 0.4) is 0 Å². The zero-order valence-corrected chi connectivity index (χ0v) is 13.8. The first kappa shape index (κ1) is 16.4. The fourth-order valence-corrected chi connectivity index (χ4v) is 3.22. The molecule has 3 rings (SSSR count). The number of rotatable bonds is 4. The molecule has 1 aliphatic heterocycles. The van der Waals surface area contributed by atoms with Crippen molar-refractivity contribution in [3.8, 4) is 11.1 Å². The lowest BCUT2D eigenvalue weighted by Gasteiger charge is -2.36. The third-order valence-corrected chi connectivity index (χ3v) is 4.33. The molecule has 0 bridgehead atoms. The normalized spacial score (nSPS) is 17.7. The summed E-state index contributed by atoms with van der Waals surface area (Å²) >= 11 is 0. The van der Waals surface area contributed by atoms with Gasteiger partial charge in [0.25, 0.3) is 0 Å². The number of piperidine rings is 1. The van der Waals surface area contributed by atoms with Gasteiger partial charge in [0.05, 0.1) is 11.7 Å². The van der Waals surface area contributed by atoms with Crippen LogP contribution < -0.4 is 5.73 Å². The van der Waals surface area contributed by atoms with Gasteiger partial charge in [0.2, 0.25) is 11.9 Å². The van der Waals surface area contributed by atoms with Crippen molar-refractivity contribution in [3.05, 3.63) is 42.2 Å². The number of nitrogens with two attached hydrogens (primary N) is 1. The van der Waals surface area contributed by atoms with Gasteiger partial charge in [0, 0.05) is 25.4 Å². The van der Waals surface area contributed by atoms with Crippen molar-refractivity contribution in [1.82, 2.24) is 14.9 Å². The van der Waals surface area contributed by atoms with Gasteiger partial charge in [0.15, 0.2) is 0 Å². The molecule has 24 heavy (non-hydrogen) atoms. The van der Waals surface area contributed by atoms with Crippen LogP contribution in [0.15, 0.2) is 36.5 Å². The van der Waals surface area contributed by atoms with Gasteiger partial charge in [-0.25, -0.2) is 9.97 Å². The van der Waals surface area contributed by atoms with Crippen molar-refractivity contribution in [1.29, 1.82) is 0 Å². The molecule has 6 nitrogen and oxygen atoms in total. The molecule has 6 heteroatoms. The van der Waals surface area contributed by atoms with Crippen molar-refractivity contribution in [2.24, 2.45) is 0 Å². The summed E-state index contributed by atoms with van der Waals surface area (Å²) in [6.07, 6.45) is 4.67. The quantitative estimate of drug-likeness (QED) is 0.933. The van der Waals surface area contributed by atoms with Crippen LogP contribution in [0.25, 0.3) is 11.1 Å². The minimum atomic E-state index is -0.0955. The van der Waals surface area contributed by atoms with E-state index in [0.717, 1.165) is 36.1 Å². The average Bonchev–Trinajstić information content (AvgIpc) is 2.62. The second-order valence-corrected chi connectivity index (χ2v) is 5.92. The van der Waals surface area contributed by atoms with Crippen molar-refractivity contribution in [2.75, 3.05) is 26.0 Å². The first-order valence-electron chi connectivity index (χ1n) is 8.17. The number of ether oxygens (including phenoxy) is 1. The fraction of sp³-hybridized carbons (Fsp3) is 0.389. The van der Waals surface area contributed by atoms with E-state index in [2.05, 4.69) is 9.97 Å². The van der Waals surface area contributed by atoms with Crippen LogP contribution in [-0.4, -0.2) is 41.0 Å². The number of aromatic nitrogens is 2. The van der Waals surface area contributed by atoms with Crippen LogP contribution in [-0.2, 0) is 9.53 Å². The summed E-state index contributed by atoms with van der Waals surface area (Å²) in [5, 5.41) is 0. The van der Waals surface area contributed by atoms with Crippen molar-refractivity contribution >= 4 is 11.9 Å². The SMILES string of the molecule is COCC(=O)N1CCCCC1c1nc(N)ncc1-c1ccccc1. The van der Waals surface area contributed by atoms with Crippen LogP contribution >= 0.6 is 0 Å². The smallest absolute Gasteiger partial charge is 0.249 e. The van der Waals surface area contributed by atoms with E-state index in [9.17, 15) is 4.79 Å². The van der Waals surface area contributed by atoms with Gasteiger partial charge in [-0.05, 0) is 24.8 Å². The lowest BCUT2D eigenvalue weighted by atomic mass is 9.94. The minimum absolute atomic E-state index is 0.0154. The molecule has 1 aliphatic rings. The Morgan fingerprint density at radius 1 is 1.33 bits per heavy atom. The summed E-state index contributed by atoms with van der Waals surface area (Å²) in [6, 6.07) is 9.86. The molecular weight excluding hydrogens is 304 g/mol. The van der Waals surface area contributed by atoms with Crippen LogP contribution in [0, 0.1) is 0 Å². The number of nitrogens with zero attached hydrogens (tertiary/aromatic N) is 3. The maximum Gasteiger partial charge on any atom is 0.249 e. The highest BCUT2D eigenvalue weighted by Crippen LogP contribution is 2.35. The number of hydrogen-bond acceptors (Lipinski definition) is 5. The Balaban J connectivity index is 2.03. The van der Waals surface area contributed by atoms with E-state index in [1.165, 1.54) is 7.11 Å². The molecule has 1 amide bonds. The third kappa shape index (κ3) is 3.38. The van der Waals surface area contributed by atoms with E-state index in [1.807, 2.05) is 35.2 Å². The lowest BCUT2D eigenvalue weighted by molar-refractivity contribution is -0.139. The molecule has 0 spiro atoms. The number of amides is 1. The number of benzene rings is 1. The van der Waals surface area contributed by atoms with Crippen LogP contribution in [0.4, 0.5) is 5.95 Å². The maximum absolute atomic E-state index is 12.4. The summed E-state index contributed by atoms with van der Waals surface area (Å²) in [7, 11) is 1.54. The second-order valence-electron chi connectivity index (χ2n) is 5.92. The van der Waals surface area contributed by atoms with Gasteiger partial charge in [-0.2, -0.15) is 0 Å². The van der Waals surface area contributed by atoms with Gasteiger partial charge in [-0.15, -0.1) is 0 Å². The molecule has 0 radical (unpaired) electrons. The molecule has 1 saturated heterocycles. The number of anilines is 1. The first-order chi connectivity index (χ1) is 11.7. The third-order valence-electron chi connectivity index (χ3n) is 4.33. The van der Waals surface area contributed by atoms with Crippen molar-refractivity contribution in [2.45, 2.75) is 25.3 Å². The fourth-order valence-electron chi connectivity index (χ4n) is 3.22.